The summed E-state index contributed by atoms with van der Waals surface area (Å²) in [5.74, 6) is -0.308. The lowest BCUT2D eigenvalue weighted by Crippen LogP contribution is -2.49. The molecule has 6 nitrogen and oxygen atoms in total. The Hall–Kier alpha value is -2.37. The van der Waals surface area contributed by atoms with Gasteiger partial charge in [0.15, 0.2) is 0 Å². The summed E-state index contributed by atoms with van der Waals surface area (Å²) in [6.07, 6.45) is 8.36. The molecule has 6 heteroatoms. The van der Waals surface area contributed by atoms with E-state index in [9.17, 15) is 9.59 Å². The Labute approximate surface area is 140 Å². The number of aromatic nitrogens is 2. The van der Waals surface area contributed by atoms with E-state index in [4.69, 9.17) is 0 Å². The minimum atomic E-state index is -0.532. The van der Waals surface area contributed by atoms with Crippen molar-refractivity contribution in [2.24, 2.45) is 5.41 Å². The summed E-state index contributed by atoms with van der Waals surface area (Å²) in [4.78, 5) is 31.1. The maximum atomic E-state index is 12.6. The number of likely N-dealkylation sites (tertiary alicyclic amines) is 1. The first-order valence-electron chi connectivity index (χ1n) is 8.60. The molecule has 4 rings (SSSR count). The summed E-state index contributed by atoms with van der Waals surface area (Å²) in [5.41, 5.74) is 1.59. The first-order valence-corrected chi connectivity index (χ1v) is 8.60. The average molecular weight is 326 g/mol. The Bertz CT molecular complexity index is 750. The van der Waals surface area contributed by atoms with Gasteiger partial charge in [0.1, 0.15) is 17.4 Å². The van der Waals surface area contributed by atoms with Gasteiger partial charge in [-0.3, -0.25) is 9.59 Å². The number of nitrogens with one attached hydrogen (secondary N) is 1. The van der Waals surface area contributed by atoms with Gasteiger partial charge in [-0.1, -0.05) is 6.07 Å². The lowest BCUT2D eigenvalue weighted by molar-refractivity contribution is -0.134. The van der Waals surface area contributed by atoms with Gasteiger partial charge in [0.2, 0.25) is 5.91 Å². The summed E-state index contributed by atoms with van der Waals surface area (Å²) >= 11 is 0. The summed E-state index contributed by atoms with van der Waals surface area (Å²) in [5, 5.41) is 2.78. The summed E-state index contributed by atoms with van der Waals surface area (Å²) in [7, 11) is 0. The quantitative estimate of drug-likeness (QED) is 0.936. The van der Waals surface area contributed by atoms with E-state index in [2.05, 4.69) is 10.3 Å². The SMILES string of the molecule is CC(NC(=O)c1cn2ccccc2n1)C(=O)N1CCC2(CC1)CC2. The van der Waals surface area contributed by atoms with Gasteiger partial charge >= 0.3 is 0 Å². The monoisotopic (exact) mass is 326 g/mol. The van der Waals surface area contributed by atoms with E-state index >= 15 is 0 Å². The number of imidazole rings is 1. The summed E-state index contributed by atoms with van der Waals surface area (Å²) in [6.45, 7) is 3.37. The van der Waals surface area contributed by atoms with Gasteiger partial charge in [0.25, 0.3) is 5.91 Å². The highest BCUT2D eigenvalue weighted by Crippen LogP contribution is 2.53. The first-order chi connectivity index (χ1) is 11.6. The van der Waals surface area contributed by atoms with E-state index in [1.165, 1.54) is 12.8 Å². The molecule has 1 saturated heterocycles. The number of fused-ring (bicyclic) bond motifs is 1. The number of rotatable bonds is 3. The van der Waals surface area contributed by atoms with E-state index in [1.54, 1.807) is 17.5 Å². The molecule has 1 aliphatic heterocycles. The molecule has 1 spiro atoms. The van der Waals surface area contributed by atoms with Crippen molar-refractivity contribution in [1.29, 1.82) is 0 Å². The van der Waals surface area contributed by atoms with Crippen molar-refractivity contribution in [2.75, 3.05) is 13.1 Å². The number of hydrogen-bond donors (Lipinski definition) is 1. The smallest absolute Gasteiger partial charge is 0.272 e. The average Bonchev–Trinajstić information content (AvgIpc) is 3.20. The van der Waals surface area contributed by atoms with Crippen LogP contribution in [0.5, 0.6) is 0 Å². The highest BCUT2D eigenvalue weighted by Gasteiger charge is 2.45. The van der Waals surface area contributed by atoms with E-state index in [1.807, 2.05) is 29.3 Å². The highest BCUT2D eigenvalue weighted by molar-refractivity contribution is 5.96. The standard InChI is InChI=1S/C18H22N4O2/c1-13(17(24)21-10-7-18(5-6-18)8-11-21)19-16(23)14-12-22-9-3-2-4-15(22)20-14/h2-4,9,12-13H,5-8,10-11H2,1H3,(H,19,23). The molecule has 2 aliphatic rings. The molecular formula is C18H22N4O2. The van der Waals surface area contributed by atoms with Crippen molar-refractivity contribution >= 4 is 17.5 Å². The predicted octanol–water partition coefficient (Wildman–Crippen LogP) is 1.86. The number of pyridine rings is 1. The van der Waals surface area contributed by atoms with E-state index in [0.717, 1.165) is 25.9 Å². The van der Waals surface area contributed by atoms with Crippen LogP contribution in [0.1, 0.15) is 43.1 Å². The van der Waals surface area contributed by atoms with E-state index in [0.29, 0.717) is 16.8 Å². The number of hydrogen-bond acceptors (Lipinski definition) is 3. The first kappa shape index (κ1) is 15.2. The molecule has 1 N–H and O–H groups in total. The van der Waals surface area contributed by atoms with Crippen LogP contribution in [0.25, 0.3) is 5.65 Å². The van der Waals surface area contributed by atoms with Crippen molar-refractivity contribution in [3.8, 4) is 0 Å². The third kappa shape index (κ3) is 2.77. The number of nitrogens with zero attached hydrogens (tertiary/aromatic N) is 3. The Morgan fingerprint density at radius 3 is 2.62 bits per heavy atom. The number of carbonyl (C=O) groups is 2. The Kier molecular flexibility index (Phi) is 3.55. The summed E-state index contributed by atoms with van der Waals surface area (Å²) < 4.78 is 1.79. The van der Waals surface area contributed by atoms with Gasteiger partial charge in [-0.05, 0) is 50.2 Å². The van der Waals surface area contributed by atoms with Crippen LogP contribution >= 0.6 is 0 Å². The van der Waals surface area contributed by atoms with Crippen LogP contribution in [0.15, 0.2) is 30.6 Å². The minimum Gasteiger partial charge on any atom is -0.341 e. The van der Waals surface area contributed by atoms with Gasteiger partial charge in [0, 0.05) is 25.5 Å². The second kappa shape index (κ2) is 5.61. The van der Waals surface area contributed by atoms with Crippen LogP contribution < -0.4 is 5.32 Å². The van der Waals surface area contributed by atoms with Gasteiger partial charge in [-0.2, -0.15) is 0 Å². The van der Waals surface area contributed by atoms with Crippen LogP contribution in [-0.4, -0.2) is 45.2 Å². The lowest BCUT2D eigenvalue weighted by Gasteiger charge is -2.33. The van der Waals surface area contributed by atoms with Gasteiger partial charge < -0.3 is 14.6 Å². The largest absolute Gasteiger partial charge is 0.341 e. The Morgan fingerprint density at radius 2 is 1.96 bits per heavy atom. The molecule has 1 atom stereocenters. The molecule has 2 aromatic heterocycles. The van der Waals surface area contributed by atoms with Gasteiger partial charge in [-0.15, -0.1) is 0 Å². The molecule has 2 amide bonds. The molecule has 3 heterocycles. The molecule has 0 aromatic carbocycles. The van der Waals surface area contributed by atoms with Gasteiger partial charge in [-0.25, -0.2) is 4.98 Å². The number of carbonyl (C=O) groups excluding carboxylic acids is 2. The normalized spacial score (nSPS) is 20.1. The lowest BCUT2D eigenvalue weighted by atomic mass is 9.93. The minimum absolute atomic E-state index is 0.00242. The van der Waals surface area contributed by atoms with Crippen molar-refractivity contribution in [1.82, 2.24) is 19.6 Å². The van der Waals surface area contributed by atoms with Crippen LogP contribution in [-0.2, 0) is 4.79 Å². The maximum absolute atomic E-state index is 12.6. The Balaban J connectivity index is 1.38. The van der Waals surface area contributed by atoms with E-state index < -0.39 is 6.04 Å². The second-order valence-corrected chi connectivity index (χ2v) is 7.11. The van der Waals surface area contributed by atoms with Crippen molar-refractivity contribution in [3.05, 3.63) is 36.3 Å². The topological polar surface area (TPSA) is 66.7 Å². The van der Waals surface area contributed by atoms with Crippen molar-refractivity contribution in [2.45, 2.75) is 38.6 Å². The molecular weight excluding hydrogens is 304 g/mol. The molecule has 0 bridgehead atoms. The molecule has 126 valence electrons. The molecule has 0 radical (unpaired) electrons. The third-order valence-corrected chi connectivity index (χ3v) is 5.41. The summed E-state index contributed by atoms with van der Waals surface area (Å²) in [6, 6.07) is 5.06. The fraction of sp³-hybridized carbons (Fsp3) is 0.500. The molecule has 1 aliphatic carbocycles. The van der Waals surface area contributed by atoms with Crippen LogP contribution in [0.4, 0.5) is 0 Å². The third-order valence-electron chi connectivity index (χ3n) is 5.41. The van der Waals surface area contributed by atoms with E-state index in [-0.39, 0.29) is 11.8 Å². The molecule has 2 fully saturated rings. The predicted molar refractivity (Wildman–Crippen MR) is 89.6 cm³/mol. The van der Waals surface area contributed by atoms with Crippen LogP contribution in [0, 0.1) is 5.41 Å². The fourth-order valence-electron chi connectivity index (χ4n) is 3.53. The maximum Gasteiger partial charge on any atom is 0.272 e. The Morgan fingerprint density at radius 1 is 1.21 bits per heavy atom. The number of amides is 2. The highest BCUT2D eigenvalue weighted by atomic mass is 16.2. The molecule has 2 aromatic rings. The molecule has 24 heavy (non-hydrogen) atoms. The molecule has 1 saturated carbocycles. The van der Waals surface area contributed by atoms with Crippen molar-refractivity contribution in [3.63, 3.8) is 0 Å². The van der Waals surface area contributed by atoms with Crippen molar-refractivity contribution < 1.29 is 9.59 Å². The number of piperidine rings is 1. The van der Waals surface area contributed by atoms with Gasteiger partial charge in [0.05, 0.1) is 0 Å². The fourth-order valence-corrected chi connectivity index (χ4v) is 3.53. The second-order valence-electron chi connectivity index (χ2n) is 7.11. The van der Waals surface area contributed by atoms with Crippen LogP contribution in [0.2, 0.25) is 0 Å². The zero-order chi connectivity index (χ0) is 16.7. The van der Waals surface area contributed by atoms with Crippen LogP contribution in [0.3, 0.4) is 0 Å². The zero-order valence-corrected chi connectivity index (χ0v) is 13.9. The zero-order valence-electron chi connectivity index (χ0n) is 13.9. The molecule has 1 unspecified atom stereocenters.